The fourth-order valence-electron chi connectivity index (χ4n) is 4.01. The molecule has 1 unspecified atom stereocenters. The number of rotatable bonds is 5. The zero-order valence-electron chi connectivity index (χ0n) is 17.8. The Morgan fingerprint density at radius 3 is 2.62 bits per heavy atom. The first kappa shape index (κ1) is 21.1. The van der Waals surface area contributed by atoms with E-state index in [4.69, 9.17) is 4.52 Å². The maximum absolute atomic E-state index is 13.1. The summed E-state index contributed by atoms with van der Waals surface area (Å²) in [6.45, 7) is 9.30. The molecule has 6 nitrogen and oxygen atoms in total. The topological polar surface area (TPSA) is 75.4 Å². The standard InChI is InChI=1S/C23H31N3O3/c1-5-24-20(27)23(12-9-13-26(16-23)21(28)22(2,3)4)15-18-14-19(25-29-18)17-10-7-6-8-11-17/h6-8,10-11,14H,5,9,12-13,15-16H2,1-4H3,(H,24,27). The van der Waals surface area contributed by atoms with Crippen LogP contribution in [0.4, 0.5) is 0 Å². The van der Waals surface area contributed by atoms with Crippen LogP contribution >= 0.6 is 0 Å². The molecule has 0 radical (unpaired) electrons. The normalized spacial score (nSPS) is 19.8. The van der Waals surface area contributed by atoms with Gasteiger partial charge in [0.05, 0.1) is 5.41 Å². The summed E-state index contributed by atoms with van der Waals surface area (Å²) in [5, 5.41) is 7.17. The third kappa shape index (κ3) is 4.69. The molecule has 0 bridgehead atoms. The lowest BCUT2D eigenvalue weighted by Crippen LogP contribution is -2.56. The van der Waals surface area contributed by atoms with Crippen LogP contribution in [-0.4, -0.2) is 41.5 Å². The molecule has 1 atom stereocenters. The van der Waals surface area contributed by atoms with E-state index in [1.807, 2.05) is 69.0 Å². The molecule has 1 aliphatic heterocycles. The predicted molar refractivity (Wildman–Crippen MR) is 112 cm³/mol. The lowest BCUT2D eigenvalue weighted by atomic mass is 9.74. The van der Waals surface area contributed by atoms with Crippen LogP contribution in [0.2, 0.25) is 0 Å². The molecule has 1 fully saturated rings. The molecule has 1 aromatic carbocycles. The molecule has 1 aliphatic rings. The number of hydrogen-bond donors (Lipinski definition) is 1. The number of carbonyl (C=O) groups excluding carboxylic acids is 2. The number of amides is 2. The molecule has 2 aromatic rings. The first-order chi connectivity index (χ1) is 13.7. The van der Waals surface area contributed by atoms with Gasteiger partial charge in [-0.25, -0.2) is 0 Å². The van der Waals surface area contributed by atoms with Crippen molar-refractivity contribution in [2.75, 3.05) is 19.6 Å². The predicted octanol–water partition coefficient (Wildman–Crippen LogP) is 3.68. The van der Waals surface area contributed by atoms with Gasteiger partial charge in [-0.1, -0.05) is 56.3 Å². The largest absolute Gasteiger partial charge is 0.361 e. The van der Waals surface area contributed by atoms with Gasteiger partial charge in [-0.05, 0) is 19.8 Å². The maximum atomic E-state index is 13.1. The van der Waals surface area contributed by atoms with E-state index in [1.54, 1.807) is 0 Å². The van der Waals surface area contributed by atoms with Gasteiger partial charge in [0.2, 0.25) is 11.8 Å². The minimum atomic E-state index is -0.706. The molecule has 0 aliphatic carbocycles. The quantitative estimate of drug-likeness (QED) is 0.835. The van der Waals surface area contributed by atoms with Gasteiger partial charge in [-0.2, -0.15) is 0 Å². The summed E-state index contributed by atoms with van der Waals surface area (Å²) in [6, 6.07) is 11.7. The Kier molecular flexibility index (Phi) is 6.10. The number of nitrogens with zero attached hydrogens (tertiary/aromatic N) is 2. The van der Waals surface area contributed by atoms with E-state index in [0.717, 1.165) is 17.7 Å². The van der Waals surface area contributed by atoms with E-state index in [2.05, 4.69) is 10.5 Å². The van der Waals surface area contributed by atoms with Crippen LogP contribution in [0.25, 0.3) is 11.3 Å². The Balaban J connectivity index is 1.87. The fraction of sp³-hybridized carbons (Fsp3) is 0.522. The third-order valence-electron chi connectivity index (χ3n) is 5.47. The summed E-state index contributed by atoms with van der Waals surface area (Å²) in [6.07, 6.45) is 1.93. The van der Waals surface area contributed by atoms with Gasteiger partial charge in [-0.15, -0.1) is 0 Å². The van der Waals surface area contributed by atoms with Crippen molar-refractivity contribution in [3.63, 3.8) is 0 Å². The van der Waals surface area contributed by atoms with Crippen molar-refractivity contribution in [1.82, 2.24) is 15.4 Å². The third-order valence-corrected chi connectivity index (χ3v) is 5.47. The van der Waals surface area contributed by atoms with Crippen molar-refractivity contribution < 1.29 is 14.1 Å². The van der Waals surface area contributed by atoms with Crippen LogP contribution in [-0.2, 0) is 16.0 Å². The zero-order chi connectivity index (χ0) is 21.1. The molecular weight excluding hydrogens is 366 g/mol. The Hall–Kier alpha value is -2.63. The molecule has 2 amide bonds. The second-order valence-corrected chi connectivity index (χ2v) is 8.94. The Bertz CT molecular complexity index is 854. The van der Waals surface area contributed by atoms with Crippen LogP contribution in [0.3, 0.4) is 0 Å². The number of likely N-dealkylation sites (tertiary alicyclic amines) is 1. The molecule has 2 heterocycles. The molecule has 156 valence electrons. The Morgan fingerprint density at radius 2 is 1.97 bits per heavy atom. The smallest absolute Gasteiger partial charge is 0.228 e. The molecule has 0 spiro atoms. The number of hydrogen-bond acceptors (Lipinski definition) is 4. The number of nitrogens with one attached hydrogen (secondary N) is 1. The summed E-state index contributed by atoms with van der Waals surface area (Å²) in [5.74, 6) is 0.720. The van der Waals surface area contributed by atoms with Crippen molar-refractivity contribution in [2.45, 2.75) is 47.0 Å². The average Bonchev–Trinajstić information content (AvgIpc) is 3.16. The van der Waals surface area contributed by atoms with Gasteiger partial charge in [0.1, 0.15) is 11.5 Å². The van der Waals surface area contributed by atoms with Gasteiger partial charge in [0.25, 0.3) is 0 Å². The number of benzene rings is 1. The van der Waals surface area contributed by atoms with Gasteiger partial charge in [-0.3, -0.25) is 9.59 Å². The Labute approximate surface area is 172 Å². The van der Waals surface area contributed by atoms with E-state index >= 15 is 0 Å². The summed E-state index contributed by atoms with van der Waals surface area (Å²) in [5.41, 5.74) is 0.549. The molecule has 1 N–H and O–H groups in total. The molecular formula is C23H31N3O3. The van der Waals surface area contributed by atoms with E-state index in [-0.39, 0.29) is 11.8 Å². The Morgan fingerprint density at radius 1 is 1.24 bits per heavy atom. The molecule has 1 saturated heterocycles. The van der Waals surface area contributed by atoms with E-state index in [0.29, 0.717) is 38.2 Å². The second kappa shape index (κ2) is 8.39. The van der Waals surface area contributed by atoms with Gasteiger partial charge in [0.15, 0.2) is 0 Å². The van der Waals surface area contributed by atoms with Crippen molar-refractivity contribution in [3.05, 3.63) is 42.2 Å². The van der Waals surface area contributed by atoms with E-state index in [9.17, 15) is 9.59 Å². The first-order valence-corrected chi connectivity index (χ1v) is 10.3. The van der Waals surface area contributed by atoms with Crippen LogP contribution in [0.15, 0.2) is 40.9 Å². The number of carbonyl (C=O) groups is 2. The minimum absolute atomic E-state index is 0.0240. The van der Waals surface area contributed by atoms with E-state index in [1.165, 1.54) is 0 Å². The summed E-state index contributed by atoms with van der Waals surface area (Å²) < 4.78 is 5.60. The summed E-state index contributed by atoms with van der Waals surface area (Å²) in [4.78, 5) is 27.8. The van der Waals surface area contributed by atoms with Gasteiger partial charge < -0.3 is 14.7 Å². The summed E-state index contributed by atoms with van der Waals surface area (Å²) in [7, 11) is 0. The van der Waals surface area contributed by atoms with E-state index < -0.39 is 10.8 Å². The fourth-order valence-corrected chi connectivity index (χ4v) is 4.01. The second-order valence-electron chi connectivity index (χ2n) is 8.94. The highest BCUT2D eigenvalue weighted by Gasteiger charge is 2.45. The molecule has 1 aromatic heterocycles. The van der Waals surface area contributed by atoms with Crippen molar-refractivity contribution in [2.24, 2.45) is 10.8 Å². The maximum Gasteiger partial charge on any atom is 0.228 e. The molecule has 3 rings (SSSR count). The van der Waals surface area contributed by atoms with Crippen molar-refractivity contribution in [3.8, 4) is 11.3 Å². The van der Waals surface area contributed by atoms with Gasteiger partial charge in [0, 0.05) is 43.1 Å². The molecule has 0 saturated carbocycles. The first-order valence-electron chi connectivity index (χ1n) is 10.3. The minimum Gasteiger partial charge on any atom is -0.361 e. The average molecular weight is 398 g/mol. The van der Waals surface area contributed by atoms with Crippen LogP contribution in [0.5, 0.6) is 0 Å². The van der Waals surface area contributed by atoms with Crippen molar-refractivity contribution in [1.29, 1.82) is 0 Å². The number of piperidine rings is 1. The van der Waals surface area contributed by atoms with Crippen LogP contribution < -0.4 is 5.32 Å². The number of aromatic nitrogens is 1. The SMILES string of the molecule is CCNC(=O)C1(Cc2cc(-c3ccccc3)no2)CCCN(C(=O)C(C)(C)C)C1. The lowest BCUT2D eigenvalue weighted by Gasteiger charge is -2.43. The summed E-state index contributed by atoms with van der Waals surface area (Å²) >= 11 is 0. The molecule has 29 heavy (non-hydrogen) atoms. The van der Waals surface area contributed by atoms with Gasteiger partial charge >= 0.3 is 0 Å². The van der Waals surface area contributed by atoms with Crippen molar-refractivity contribution >= 4 is 11.8 Å². The monoisotopic (exact) mass is 397 g/mol. The highest BCUT2D eigenvalue weighted by molar-refractivity contribution is 5.86. The zero-order valence-corrected chi connectivity index (χ0v) is 17.8. The van der Waals surface area contributed by atoms with Crippen LogP contribution in [0, 0.1) is 10.8 Å². The highest BCUT2D eigenvalue weighted by atomic mass is 16.5. The molecule has 6 heteroatoms. The lowest BCUT2D eigenvalue weighted by molar-refractivity contribution is -0.147. The highest BCUT2D eigenvalue weighted by Crippen LogP contribution is 2.36. The van der Waals surface area contributed by atoms with Crippen LogP contribution in [0.1, 0.15) is 46.3 Å².